The monoisotopic (exact) mass is 633 g/mol. The second-order valence-corrected chi connectivity index (χ2v) is 12.9. The van der Waals surface area contributed by atoms with Crippen LogP contribution in [0.4, 0.5) is 0 Å². The second-order valence-electron chi connectivity index (χ2n) is 12.9. The summed E-state index contributed by atoms with van der Waals surface area (Å²) in [6.07, 6.45) is 11.2. The van der Waals surface area contributed by atoms with Crippen molar-refractivity contribution >= 4 is 17.6 Å². The number of methoxy groups -OCH3 is 1. The number of carbonyl (C=O) groups excluding carboxylic acids is 2. The Balaban J connectivity index is 1.78. The molecule has 1 saturated carbocycles. The average molecular weight is 634 g/mol. The molecular formula is C36H51N5O5. The number of nitriles is 1. The van der Waals surface area contributed by atoms with Crippen LogP contribution in [0, 0.1) is 29.1 Å². The van der Waals surface area contributed by atoms with Crippen LogP contribution in [0.25, 0.3) is 17.0 Å². The summed E-state index contributed by atoms with van der Waals surface area (Å²) < 4.78 is 12.9. The molecule has 10 heteroatoms. The van der Waals surface area contributed by atoms with Gasteiger partial charge in [0.1, 0.15) is 30.0 Å². The van der Waals surface area contributed by atoms with E-state index in [1.165, 1.54) is 22.3 Å². The number of carbonyl (C=O) groups is 2. The minimum absolute atomic E-state index is 0.0204. The van der Waals surface area contributed by atoms with Gasteiger partial charge < -0.3 is 14.3 Å². The number of unbranched alkanes of at least 4 members (excludes halogenated alkanes) is 3. The van der Waals surface area contributed by atoms with Crippen molar-refractivity contribution in [3.05, 3.63) is 46.6 Å². The summed E-state index contributed by atoms with van der Waals surface area (Å²) in [5.74, 6) is 0.0556. The highest BCUT2D eigenvalue weighted by atomic mass is 16.7. The highest BCUT2D eigenvalue weighted by Gasteiger charge is 2.40. The Kier molecular flexibility index (Phi) is 12.8. The normalized spacial score (nSPS) is 19.8. The second kappa shape index (κ2) is 16.8. The van der Waals surface area contributed by atoms with Crippen LogP contribution in [0.1, 0.15) is 124 Å². The molecule has 1 N–H and O–H groups in total. The lowest BCUT2D eigenvalue weighted by atomic mass is 9.70. The van der Waals surface area contributed by atoms with E-state index in [0.29, 0.717) is 11.7 Å². The van der Waals surface area contributed by atoms with Gasteiger partial charge in [-0.25, -0.2) is 19.1 Å². The lowest BCUT2D eigenvalue weighted by molar-refractivity contribution is -0.141. The van der Waals surface area contributed by atoms with Gasteiger partial charge in [0, 0.05) is 19.7 Å². The third-order valence-corrected chi connectivity index (χ3v) is 9.13. The van der Waals surface area contributed by atoms with Crippen LogP contribution in [-0.4, -0.2) is 58.6 Å². The zero-order chi connectivity index (χ0) is 33.2. The van der Waals surface area contributed by atoms with E-state index in [1.807, 2.05) is 12.1 Å². The van der Waals surface area contributed by atoms with Gasteiger partial charge in [0.15, 0.2) is 17.2 Å². The Bertz CT molecular complexity index is 1470. The molecule has 1 aliphatic rings. The molecule has 0 saturated heterocycles. The maximum atomic E-state index is 14.3. The van der Waals surface area contributed by atoms with E-state index < -0.39 is 11.9 Å². The number of hydrogen-bond donors (Lipinski definition) is 1. The van der Waals surface area contributed by atoms with Gasteiger partial charge in [-0.1, -0.05) is 84.1 Å². The van der Waals surface area contributed by atoms with Crippen LogP contribution < -0.4 is 0 Å². The molecule has 250 valence electrons. The topological polar surface area (TPSA) is 122 Å². The van der Waals surface area contributed by atoms with Gasteiger partial charge >= 0.3 is 11.9 Å². The molecule has 0 bridgehead atoms. The van der Waals surface area contributed by atoms with Crippen LogP contribution in [0.15, 0.2) is 24.3 Å². The molecule has 1 aliphatic carbocycles. The van der Waals surface area contributed by atoms with Crippen LogP contribution >= 0.6 is 0 Å². The molecule has 0 aliphatic heterocycles. The van der Waals surface area contributed by atoms with E-state index in [1.54, 1.807) is 7.05 Å². The average Bonchev–Trinajstić information content (AvgIpc) is 3.59. The molecule has 2 atom stereocenters. The van der Waals surface area contributed by atoms with Crippen LogP contribution in [0.3, 0.4) is 0 Å². The fraction of sp³-hybridized carbons (Fsp3) is 0.611. The van der Waals surface area contributed by atoms with Crippen LogP contribution in [0.5, 0.6) is 0 Å². The molecule has 3 aromatic rings. The number of benzene rings is 1. The van der Waals surface area contributed by atoms with E-state index in [4.69, 9.17) is 19.3 Å². The zero-order valence-electron chi connectivity index (χ0n) is 28.4. The number of rotatable bonds is 16. The number of hydrogen-bond acceptors (Lipinski definition) is 8. The third kappa shape index (κ3) is 8.18. The van der Waals surface area contributed by atoms with Crippen molar-refractivity contribution in [3.63, 3.8) is 0 Å². The highest BCUT2D eigenvalue weighted by Crippen LogP contribution is 2.41. The van der Waals surface area contributed by atoms with Crippen molar-refractivity contribution < 1.29 is 23.9 Å². The molecule has 2 unspecified atom stereocenters. The van der Waals surface area contributed by atoms with Crippen molar-refractivity contribution in [1.82, 2.24) is 19.7 Å². The van der Waals surface area contributed by atoms with E-state index in [2.05, 4.69) is 51.0 Å². The predicted molar refractivity (Wildman–Crippen MR) is 177 cm³/mol. The fourth-order valence-electron chi connectivity index (χ4n) is 6.89. The highest BCUT2D eigenvalue weighted by molar-refractivity contribution is 6.05. The number of aromatic nitrogens is 3. The van der Waals surface area contributed by atoms with Gasteiger partial charge in [-0.05, 0) is 61.8 Å². The van der Waals surface area contributed by atoms with Gasteiger partial charge in [-0.15, -0.1) is 5.06 Å². The van der Waals surface area contributed by atoms with Crippen molar-refractivity contribution in [2.45, 2.75) is 104 Å². The Labute approximate surface area is 273 Å². The summed E-state index contributed by atoms with van der Waals surface area (Å²) in [4.78, 5) is 38.0. The van der Waals surface area contributed by atoms with E-state index in [9.17, 15) is 14.9 Å². The predicted octanol–water partition coefficient (Wildman–Crippen LogP) is 7.72. The number of nitrogens with zero attached hydrogens (tertiary/aromatic N) is 4. The molecule has 1 fully saturated rings. The lowest BCUT2D eigenvalue weighted by Crippen LogP contribution is -2.40. The largest absolute Gasteiger partial charge is 0.458 e. The standard InChI is InChI=1S/C36H51N5O5/c1-7-10-13-25-16-18-26(19-17-25)33-38-34-30(29(22-37)31(41(34)39-33)36(43)46-40(5)23-44-6)35(42)45-32-27(14-11-8-2)20-24(4)21-28(32)15-12-9-3/h16-19,24,27-28,32H,7-15,20-21,23H2,1-6H3,(H,38,39). The minimum atomic E-state index is -0.816. The van der Waals surface area contributed by atoms with E-state index in [0.717, 1.165) is 76.2 Å². The van der Waals surface area contributed by atoms with Crippen molar-refractivity contribution in [1.29, 1.82) is 5.26 Å². The number of hydroxylamine groups is 2. The van der Waals surface area contributed by atoms with Crippen LogP contribution in [-0.2, 0) is 20.7 Å². The number of aryl methyl sites for hydroxylation is 1. The summed E-state index contributed by atoms with van der Waals surface area (Å²) in [5, 5.41) is 14.7. The summed E-state index contributed by atoms with van der Waals surface area (Å²) in [6.45, 7) is 8.84. The number of nitrogens with one attached hydrogen (secondary N) is 1. The first-order chi connectivity index (χ1) is 22.3. The van der Waals surface area contributed by atoms with E-state index in [-0.39, 0.29) is 47.1 Å². The maximum Gasteiger partial charge on any atom is 0.377 e. The molecule has 2 heterocycles. The summed E-state index contributed by atoms with van der Waals surface area (Å²) in [5.41, 5.74) is 1.91. The molecule has 0 amide bonds. The van der Waals surface area contributed by atoms with E-state index >= 15 is 0 Å². The van der Waals surface area contributed by atoms with Gasteiger partial charge in [0.2, 0.25) is 0 Å². The first-order valence-corrected chi connectivity index (χ1v) is 17.0. The zero-order valence-corrected chi connectivity index (χ0v) is 28.4. The molecule has 0 radical (unpaired) electrons. The Morgan fingerprint density at radius 3 is 2.22 bits per heavy atom. The van der Waals surface area contributed by atoms with Crippen molar-refractivity contribution in [3.8, 4) is 17.5 Å². The van der Waals surface area contributed by atoms with Crippen molar-refractivity contribution in [2.75, 3.05) is 20.9 Å². The Morgan fingerprint density at radius 1 is 1.02 bits per heavy atom. The summed E-state index contributed by atoms with van der Waals surface area (Å²) >= 11 is 0. The smallest absolute Gasteiger partial charge is 0.377 e. The summed E-state index contributed by atoms with van der Waals surface area (Å²) in [6, 6.07) is 10.2. The number of H-pyrrole nitrogens is 1. The molecular weight excluding hydrogens is 582 g/mol. The van der Waals surface area contributed by atoms with Gasteiger partial charge in [-0.3, -0.25) is 5.10 Å². The fourth-order valence-corrected chi connectivity index (χ4v) is 6.89. The van der Waals surface area contributed by atoms with Crippen LogP contribution in [0.2, 0.25) is 0 Å². The Morgan fingerprint density at radius 2 is 1.65 bits per heavy atom. The third-order valence-electron chi connectivity index (χ3n) is 9.13. The number of fused-ring (bicyclic) bond motifs is 1. The van der Waals surface area contributed by atoms with Gasteiger partial charge in [-0.2, -0.15) is 5.26 Å². The van der Waals surface area contributed by atoms with Gasteiger partial charge in [0.25, 0.3) is 0 Å². The van der Waals surface area contributed by atoms with Crippen molar-refractivity contribution in [2.24, 2.45) is 17.8 Å². The first kappa shape index (κ1) is 35.2. The Hall–Kier alpha value is -3.68. The molecule has 4 rings (SSSR count). The number of aromatic amines is 1. The number of ether oxygens (including phenoxy) is 2. The molecule has 46 heavy (non-hydrogen) atoms. The molecule has 0 spiro atoms. The number of esters is 1. The summed E-state index contributed by atoms with van der Waals surface area (Å²) in [7, 11) is 3.03. The SMILES string of the molecule is CCCCc1ccc(-c2nc3c(C(=O)OC4C(CCCC)CC(C)CC4CCCC)c(C#N)c(C(=O)ON(C)COC)n3[nH]2)cc1. The first-order valence-electron chi connectivity index (χ1n) is 17.0. The minimum Gasteiger partial charge on any atom is -0.458 e. The lowest BCUT2D eigenvalue weighted by Gasteiger charge is -2.40. The molecule has 2 aromatic heterocycles. The maximum absolute atomic E-state index is 14.3. The molecule has 1 aromatic carbocycles. The van der Waals surface area contributed by atoms with Gasteiger partial charge in [0.05, 0.1) is 0 Å². The quantitative estimate of drug-likeness (QED) is 0.0967. The molecule has 10 nitrogen and oxygen atoms in total.